The molecule has 9 heteroatoms. The summed E-state index contributed by atoms with van der Waals surface area (Å²) in [5.41, 5.74) is 1.98. The Balaban J connectivity index is 1.89. The summed E-state index contributed by atoms with van der Waals surface area (Å²) in [5.74, 6) is -0.684. The van der Waals surface area contributed by atoms with E-state index in [9.17, 15) is 18.0 Å². The average molecular weight is 422 g/mol. The molecule has 0 fully saturated rings. The van der Waals surface area contributed by atoms with Crippen LogP contribution in [0.4, 0.5) is 5.69 Å². The Morgan fingerprint density at radius 1 is 1.18 bits per heavy atom. The van der Waals surface area contributed by atoms with Crippen molar-refractivity contribution in [1.82, 2.24) is 9.62 Å². The fourth-order valence-corrected chi connectivity index (χ4v) is 5.00. The van der Waals surface area contributed by atoms with Crippen LogP contribution in [0, 0.1) is 0 Å². The molecule has 2 aromatic rings. The maximum absolute atomic E-state index is 12.8. The van der Waals surface area contributed by atoms with Crippen LogP contribution in [0.25, 0.3) is 0 Å². The van der Waals surface area contributed by atoms with Crippen LogP contribution in [0.3, 0.4) is 0 Å². The van der Waals surface area contributed by atoms with E-state index in [1.807, 2.05) is 0 Å². The van der Waals surface area contributed by atoms with Crippen molar-refractivity contribution in [2.45, 2.75) is 25.3 Å². The van der Waals surface area contributed by atoms with Crippen LogP contribution in [0.1, 0.15) is 40.1 Å². The van der Waals surface area contributed by atoms with E-state index in [1.54, 1.807) is 32.0 Å². The van der Waals surface area contributed by atoms with E-state index >= 15 is 0 Å². The van der Waals surface area contributed by atoms with Gasteiger partial charge in [-0.15, -0.1) is 0 Å². The van der Waals surface area contributed by atoms with E-state index in [0.29, 0.717) is 30.9 Å². The number of anilines is 1. The Labute approximate surface area is 168 Å². The van der Waals surface area contributed by atoms with Gasteiger partial charge >= 0.3 is 0 Å². The van der Waals surface area contributed by atoms with Crippen LogP contribution in [-0.2, 0) is 16.6 Å². The predicted molar refractivity (Wildman–Crippen MR) is 107 cm³/mol. The van der Waals surface area contributed by atoms with Crippen LogP contribution in [0.15, 0.2) is 41.3 Å². The van der Waals surface area contributed by atoms with E-state index in [4.69, 9.17) is 11.6 Å². The van der Waals surface area contributed by atoms with Crippen molar-refractivity contribution in [2.24, 2.45) is 0 Å². The zero-order chi connectivity index (χ0) is 20.5. The first-order valence-corrected chi connectivity index (χ1v) is 10.6. The molecule has 148 valence electrons. The summed E-state index contributed by atoms with van der Waals surface area (Å²) >= 11 is 6.10. The maximum Gasteiger partial charge on any atom is 0.255 e. The highest BCUT2D eigenvalue weighted by atomic mass is 35.5. The minimum atomic E-state index is -3.81. The van der Waals surface area contributed by atoms with Crippen LogP contribution in [0.2, 0.25) is 5.02 Å². The smallest absolute Gasteiger partial charge is 0.255 e. The van der Waals surface area contributed by atoms with Gasteiger partial charge in [0.25, 0.3) is 11.8 Å². The Bertz CT molecular complexity index is 1050. The molecule has 1 aliphatic heterocycles. The number of hydrogen-bond donors (Lipinski definition) is 2. The van der Waals surface area contributed by atoms with Gasteiger partial charge in [-0.05, 0) is 35.9 Å². The van der Waals surface area contributed by atoms with E-state index in [1.165, 1.54) is 22.5 Å². The molecule has 0 radical (unpaired) electrons. The number of rotatable bonds is 6. The van der Waals surface area contributed by atoms with Crippen molar-refractivity contribution in [3.05, 3.63) is 58.1 Å². The zero-order valence-electron chi connectivity index (χ0n) is 15.5. The van der Waals surface area contributed by atoms with E-state index in [2.05, 4.69) is 10.6 Å². The second-order valence-electron chi connectivity index (χ2n) is 6.24. The van der Waals surface area contributed by atoms with Gasteiger partial charge in [0, 0.05) is 36.4 Å². The third-order valence-corrected chi connectivity index (χ3v) is 7.10. The molecule has 0 aromatic heterocycles. The predicted octanol–water partition coefficient (Wildman–Crippen LogP) is 2.87. The number of halogens is 1. The van der Waals surface area contributed by atoms with Crippen molar-refractivity contribution in [1.29, 1.82) is 0 Å². The topological polar surface area (TPSA) is 95.6 Å². The molecular weight excluding hydrogens is 402 g/mol. The fraction of sp³-hybridized carbons (Fsp3) is 0.263. The quantitative estimate of drug-likeness (QED) is 0.749. The van der Waals surface area contributed by atoms with Gasteiger partial charge < -0.3 is 10.6 Å². The van der Waals surface area contributed by atoms with Gasteiger partial charge in [-0.2, -0.15) is 4.31 Å². The lowest BCUT2D eigenvalue weighted by Crippen LogP contribution is -2.31. The summed E-state index contributed by atoms with van der Waals surface area (Å²) in [6.45, 7) is 4.52. The van der Waals surface area contributed by atoms with Crippen LogP contribution in [-0.4, -0.2) is 37.6 Å². The van der Waals surface area contributed by atoms with Gasteiger partial charge in [0.05, 0.1) is 5.02 Å². The number of benzene rings is 2. The fourth-order valence-electron chi connectivity index (χ4n) is 3.04. The molecule has 0 saturated carbocycles. The van der Waals surface area contributed by atoms with Gasteiger partial charge in [0.15, 0.2) is 0 Å². The van der Waals surface area contributed by atoms with Crippen LogP contribution >= 0.6 is 11.6 Å². The lowest BCUT2D eigenvalue weighted by atomic mass is 10.1. The molecule has 2 aromatic carbocycles. The van der Waals surface area contributed by atoms with E-state index < -0.39 is 15.9 Å². The van der Waals surface area contributed by atoms with Crippen molar-refractivity contribution in [3.8, 4) is 0 Å². The normalized spacial score (nSPS) is 13.4. The Hall–Kier alpha value is -2.42. The van der Waals surface area contributed by atoms with Crippen molar-refractivity contribution < 1.29 is 18.0 Å². The highest BCUT2D eigenvalue weighted by molar-refractivity contribution is 7.89. The van der Waals surface area contributed by atoms with Crippen LogP contribution < -0.4 is 10.6 Å². The number of fused-ring (bicyclic) bond motifs is 1. The summed E-state index contributed by atoms with van der Waals surface area (Å²) in [6.07, 6.45) is 0. The molecule has 0 saturated heterocycles. The Morgan fingerprint density at radius 3 is 2.57 bits per heavy atom. The number of carbonyl (C=O) groups is 2. The highest BCUT2D eigenvalue weighted by Crippen LogP contribution is 2.27. The van der Waals surface area contributed by atoms with Gasteiger partial charge in [0.1, 0.15) is 4.90 Å². The molecule has 0 unspecified atom stereocenters. The number of nitrogens with zero attached hydrogens (tertiary/aromatic N) is 1. The molecule has 28 heavy (non-hydrogen) atoms. The Morgan fingerprint density at radius 2 is 1.89 bits per heavy atom. The Kier molecular flexibility index (Phi) is 5.74. The lowest BCUT2D eigenvalue weighted by Gasteiger charge is -2.19. The number of hydrogen-bond acceptors (Lipinski definition) is 4. The van der Waals surface area contributed by atoms with Gasteiger partial charge in [-0.3, -0.25) is 9.59 Å². The summed E-state index contributed by atoms with van der Waals surface area (Å²) < 4.78 is 26.8. The van der Waals surface area contributed by atoms with Gasteiger partial charge in [-0.1, -0.05) is 31.5 Å². The largest absolute Gasteiger partial charge is 0.348 e. The maximum atomic E-state index is 12.8. The first kappa shape index (κ1) is 20.3. The third-order valence-electron chi connectivity index (χ3n) is 4.57. The minimum absolute atomic E-state index is 0.0534. The molecule has 0 bridgehead atoms. The summed E-state index contributed by atoms with van der Waals surface area (Å²) in [7, 11) is -3.81. The number of nitrogens with one attached hydrogen (secondary N) is 2. The third kappa shape index (κ3) is 3.76. The zero-order valence-corrected chi connectivity index (χ0v) is 17.0. The van der Waals surface area contributed by atoms with Crippen molar-refractivity contribution >= 4 is 39.1 Å². The van der Waals surface area contributed by atoms with Gasteiger partial charge in [0.2, 0.25) is 10.0 Å². The second kappa shape index (κ2) is 7.90. The lowest BCUT2D eigenvalue weighted by molar-refractivity contribution is 0.0964. The number of amides is 2. The van der Waals surface area contributed by atoms with E-state index in [-0.39, 0.29) is 21.4 Å². The first-order chi connectivity index (χ1) is 13.3. The number of sulfonamides is 1. The molecule has 7 nitrogen and oxygen atoms in total. The molecule has 2 amide bonds. The van der Waals surface area contributed by atoms with E-state index in [0.717, 1.165) is 5.56 Å². The standard InChI is InChI=1S/C19H20ClN3O4S/c1-3-23(4-2)28(26,27)17-9-12(6-8-16(17)20)18(24)22-14-7-5-13-11-21-19(25)15(13)10-14/h5-10H,3-4,11H2,1-2H3,(H,21,25)(H,22,24). The molecule has 1 aliphatic rings. The number of carbonyl (C=O) groups excluding carboxylic acids is 2. The molecule has 0 atom stereocenters. The molecule has 3 rings (SSSR count). The van der Waals surface area contributed by atoms with Crippen LogP contribution in [0.5, 0.6) is 0 Å². The van der Waals surface area contributed by atoms with Gasteiger partial charge in [-0.25, -0.2) is 8.42 Å². The molecule has 2 N–H and O–H groups in total. The van der Waals surface area contributed by atoms with Crippen molar-refractivity contribution in [3.63, 3.8) is 0 Å². The minimum Gasteiger partial charge on any atom is -0.348 e. The SMILES string of the molecule is CCN(CC)S(=O)(=O)c1cc(C(=O)Nc2ccc3c(c2)C(=O)NC3)ccc1Cl. The van der Waals surface area contributed by atoms with Crippen molar-refractivity contribution in [2.75, 3.05) is 18.4 Å². The average Bonchev–Trinajstić information content (AvgIpc) is 3.03. The monoisotopic (exact) mass is 421 g/mol. The molecule has 1 heterocycles. The molecule has 0 aliphatic carbocycles. The summed E-state index contributed by atoms with van der Waals surface area (Å²) in [5, 5.41) is 5.46. The first-order valence-electron chi connectivity index (χ1n) is 8.80. The molecular formula is C19H20ClN3O4S. The highest BCUT2D eigenvalue weighted by Gasteiger charge is 2.26. The summed E-state index contributed by atoms with van der Waals surface area (Å²) in [6, 6.07) is 9.17. The second-order valence-corrected chi connectivity index (χ2v) is 8.56. The summed E-state index contributed by atoms with van der Waals surface area (Å²) in [4.78, 5) is 24.3. The molecule has 0 spiro atoms.